The zero-order valence-corrected chi connectivity index (χ0v) is 13.4. The Morgan fingerprint density at radius 1 is 1.05 bits per heavy atom. The first-order chi connectivity index (χ1) is 10.6. The molecule has 4 nitrogen and oxygen atoms in total. The van der Waals surface area contributed by atoms with E-state index < -0.39 is 0 Å². The lowest BCUT2D eigenvalue weighted by Crippen LogP contribution is -2.30. The van der Waals surface area contributed by atoms with E-state index in [0.29, 0.717) is 24.3 Å². The van der Waals surface area contributed by atoms with E-state index in [-0.39, 0.29) is 5.91 Å². The minimum atomic E-state index is 0.0191. The molecule has 2 N–H and O–H groups in total. The molecule has 1 amide bonds. The van der Waals surface area contributed by atoms with Crippen LogP contribution in [0.4, 0.5) is 17.1 Å². The summed E-state index contributed by atoms with van der Waals surface area (Å²) in [6.45, 7) is 5.34. The molecule has 0 saturated heterocycles. The molecule has 2 rings (SSSR count). The molecule has 22 heavy (non-hydrogen) atoms. The van der Waals surface area contributed by atoms with E-state index in [1.54, 1.807) is 11.0 Å². The Morgan fingerprint density at radius 3 is 2.23 bits per heavy atom. The normalized spacial score (nSPS) is 10.3. The van der Waals surface area contributed by atoms with Gasteiger partial charge in [-0.1, -0.05) is 18.2 Å². The van der Waals surface area contributed by atoms with E-state index in [0.717, 1.165) is 11.4 Å². The molecule has 0 aliphatic heterocycles. The van der Waals surface area contributed by atoms with E-state index in [9.17, 15) is 4.79 Å². The number of para-hydroxylation sites is 1. The van der Waals surface area contributed by atoms with Gasteiger partial charge in [-0.25, -0.2) is 0 Å². The van der Waals surface area contributed by atoms with Crippen molar-refractivity contribution in [1.82, 2.24) is 4.90 Å². The first-order valence-electron chi connectivity index (χ1n) is 7.56. The molecule has 2 aromatic rings. The van der Waals surface area contributed by atoms with Gasteiger partial charge in [0.25, 0.3) is 5.91 Å². The molecule has 0 heterocycles. The topological polar surface area (TPSA) is 49.6 Å². The maximum absolute atomic E-state index is 12.4. The minimum Gasteiger partial charge on any atom is -0.397 e. The van der Waals surface area contributed by atoms with Crippen LogP contribution in [0.25, 0.3) is 0 Å². The summed E-state index contributed by atoms with van der Waals surface area (Å²) in [5.74, 6) is 0.0191. The maximum atomic E-state index is 12.4. The van der Waals surface area contributed by atoms with Gasteiger partial charge in [0.1, 0.15) is 0 Å². The molecule has 0 aliphatic rings. The van der Waals surface area contributed by atoms with Gasteiger partial charge in [0, 0.05) is 31.4 Å². The van der Waals surface area contributed by atoms with Crippen LogP contribution in [0.3, 0.4) is 0 Å². The molecule has 2 aromatic carbocycles. The van der Waals surface area contributed by atoms with E-state index in [1.807, 2.05) is 68.3 Å². The summed E-state index contributed by atoms with van der Waals surface area (Å²) in [6, 6.07) is 15.5. The Labute approximate surface area is 132 Å². The van der Waals surface area contributed by atoms with Crippen molar-refractivity contribution >= 4 is 23.0 Å². The summed E-state index contributed by atoms with van der Waals surface area (Å²) in [5, 5.41) is 0. The molecule has 0 radical (unpaired) electrons. The van der Waals surface area contributed by atoms with Crippen LogP contribution in [-0.4, -0.2) is 30.9 Å². The van der Waals surface area contributed by atoms with Gasteiger partial charge >= 0.3 is 0 Å². The number of carbonyl (C=O) groups is 1. The largest absolute Gasteiger partial charge is 0.397 e. The van der Waals surface area contributed by atoms with Crippen molar-refractivity contribution in [3.63, 3.8) is 0 Å². The Hall–Kier alpha value is -2.49. The third-order valence-corrected chi connectivity index (χ3v) is 3.83. The van der Waals surface area contributed by atoms with Crippen molar-refractivity contribution in [2.45, 2.75) is 13.8 Å². The minimum absolute atomic E-state index is 0.0191. The Morgan fingerprint density at radius 2 is 1.68 bits per heavy atom. The van der Waals surface area contributed by atoms with Crippen LogP contribution in [0.1, 0.15) is 24.2 Å². The average molecular weight is 297 g/mol. The fraction of sp³-hybridized carbons (Fsp3) is 0.278. The van der Waals surface area contributed by atoms with E-state index in [4.69, 9.17) is 5.73 Å². The fourth-order valence-corrected chi connectivity index (χ4v) is 2.48. The van der Waals surface area contributed by atoms with Crippen molar-refractivity contribution in [3.8, 4) is 0 Å². The predicted octanol–water partition coefficient (Wildman–Crippen LogP) is 3.52. The summed E-state index contributed by atoms with van der Waals surface area (Å²) in [7, 11) is 1.97. The second kappa shape index (κ2) is 6.98. The molecule has 0 unspecified atom stereocenters. The lowest BCUT2D eigenvalue weighted by molar-refractivity contribution is 0.0773. The van der Waals surface area contributed by atoms with E-state index in [1.165, 1.54) is 0 Å². The SMILES string of the molecule is CCN(CC)C(=O)c1ccc(N(C)c2ccccc2)c(N)c1. The fourth-order valence-electron chi connectivity index (χ4n) is 2.48. The lowest BCUT2D eigenvalue weighted by atomic mass is 10.1. The summed E-state index contributed by atoms with van der Waals surface area (Å²) in [5.41, 5.74) is 9.34. The van der Waals surface area contributed by atoms with Crippen LogP contribution < -0.4 is 10.6 Å². The van der Waals surface area contributed by atoms with Crippen molar-refractivity contribution in [2.75, 3.05) is 30.8 Å². The van der Waals surface area contributed by atoms with Crippen molar-refractivity contribution in [1.29, 1.82) is 0 Å². The summed E-state index contributed by atoms with van der Waals surface area (Å²) >= 11 is 0. The van der Waals surface area contributed by atoms with Crippen LogP contribution >= 0.6 is 0 Å². The highest BCUT2D eigenvalue weighted by molar-refractivity contribution is 5.96. The lowest BCUT2D eigenvalue weighted by Gasteiger charge is -2.23. The third-order valence-electron chi connectivity index (χ3n) is 3.83. The number of hydrogen-bond donors (Lipinski definition) is 1. The second-order valence-corrected chi connectivity index (χ2v) is 5.15. The van der Waals surface area contributed by atoms with Gasteiger partial charge in [-0.3, -0.25) is 4.79 Å². The van der Waals surface area contributed by atoms with Gasteiger partial charge in [-0.05, 0) is 44.2 Å². The molecule has 0 atom stereocenters. The standard InChI is InChI=1S/C18H23N3O/c1-4-21(5-2)18(22)14-11-12-17(16(19)13-14)20(3)15-9-7-6-8-10-15/h6-13H,4-5,19H2,1-3H3. The molecule has 0 fully saturated rings. The molecule has 0 aliphatic carbocycles. The molecule has 0 bridgehead atoms. The molecule has 4 heteroatoms. The molecule has 0 aromatic heterocycles. The smallest absolute Gasteiger partial charge is 0.253 e. The Kier molecular flexibility index (Phi) is 5.04. The number of carbonyl (C=O) groups excluding carboxylic acids is 1. The number of hydrogen-bond acceptors (Lipinski definition) is 3. The number of rotatable bonds is 5. The number of amides is 1. The van der Waals surface area contributed by atoms with Crippen LogP contribution in [0.5, 0.6) is 0 Å². The van der Waals surface area contributed by atoms with Crippen LogP contribution in [0.15, 0.2) is 48.5 Å². The maximum Gasteiger partial charge on any atom is 0.253 e. The van der Waals surface area contributed by atoms with E-state index in [2.05, 4.69) is 0 Å². The van der Waals surface area contributed by atoms with Gasteiger partial charge in [-0.15, -0.1) is 0 Å². The van der Waals surface area contributed by atoms with E-state index >= 15 is 0 Å². The molecule has 0 saturated carbocycles. The average Bonchev–Trinajstić information content (AvgIpc) is 2.56. The van der Waals surface area contributed by atoms with Crippen LogP contribution in [-0.2, 0) is 0 Å². The summed E-state index contributed by atoms with van der Waals surface area (Å²) in [6.07, 6.45) is 0. The number of nitrogens with zero attached hydrogens (tertiary/aromatic N) is 2. The number of anilines is 3. The van der Waals surface area contributed by atoms with Crippen molar-refractivity contribution in [2.24, 2.45) is 0 Å². The highest BCUT2D eigenvalue weighted by Gasteiger charge is 2.15. The van der Waals surface area contributed by atoms with Gasteiger partial charge < -0.3 is 15.5 Å². The highest BCUT2D eigenvalue weighted by Crippen LogP contribution is 2.29. The number of nitrogens with two attached hydrogens (primary N) is 1. The van der Waals surface area contributed by atoms with Gasteiger partial charge in [0.2, 0.25) is 0 Å². The number of benzene rings is 2. The Balaban J connectivity index is 2.29. The Bertz CT molecular complexity index is 636. The van der Waals surface area contributed by atoms with Gasteiger partial charge in [0.15, 0.2) is 0 Å². The van der Waals surface area contributed by atoms with Crippen molar-refractivity contribution < 1.29 is 4.79 Å². The number of nitrogen functional groups attached to an aromatic ring is 1. The quantitative estimate of drug-likeness (QED) is 0.859. The summed E-state index contributed by atoms with van der Waals surface area (Å²) < 4.78 is 0. The predicted molar refractivity (Wildman–Crippen MR) is 92.6 cm³/mol. The van der Waals surface area contributed by atoms with Crippen LogP contribution in [0.2, 0.25) is 0 Å². The molecule has 0 spiro atoms. The third kappa shape index (κ3) is 3.22. The van der Waals surface area contributed by atoms with Crippen molar-refractivity contribution in [3.05, 3.63) is 54.1 Å². The highest BCUT2D eigenvalue weighted by atomic mass is 16.2. The second-order valence-electron chi connectivity index (χ2n) is 5.15. The monoisotopic (exact) mass is 297 g/mol. The first-order valence-corrected chi connectivity index (χ1v) is 7.56. The zero-order chi connectivity index (χ0) is 16.1. The van der Waals surface area contributed by atoms with Gasteiger partial charge in [0.05, 0.1) is 11.4 Å². The molecule has 116 valence electrons. The molecular formula is C18H23N3O. The van der Waals surface area contributed by atoms with Crippen LogP contribution in [0, 0.1) is 0 Å². The zero-order valence-electron chi connectivity index (χ0n) is 13.4. The van der Waals surface area contributed by atoms with Gasteiger partial charge in [-0.2, -0.15) is 0 Å². The first kappa shape index (κ1) is 15.9. The summed E-state index contributed by atoms with van der Waals surface area (Å²) in [4.78, 5) is 16.2. The molecular weight excluding hydrogens is 274 g/mol.